The molecule has 0 saturated heterocycles. The van der Waals surface area contributed by atoms with Gasteiger partial charge in [0.1, 0.15) is 17.2 Å². The number of methoxy groups -OCH3 is 3. The van der Waals surface area contributed by atoms with Crippen LogP contribution in [0.3, 0.4) is 0 Å². The van der Waals surface area contributed by atoms with Crippen molar-refractivity contribution >= 4 is 35.3 Å². The van der Waals surface area contributed by atoms with Gasteiger partial charge in [-0.1, -0.05) is 11.8 Å². The van der Waals surface area contributed by atoms with E-state index in [1.165, 1.54) is 0 Å². The first-order valence-corrected chi connectivity index (χ1v) is 12.5. The molecule has 0 bridgehead atoms. The molecular formula is C26H23O4S3+. The first-order valence-electron chi connectivity index (χ1n) is 10.1. The van der Waals surface area contributed by atoms with E-state index in [-0.39, 0.29) is 0 Å². The van der Waals surface area contributed by atoms with Gasteiger partial charge < -0.3 is 14.2 Å². The van der Waals surface area contributed by atoms with E-state index in [4.69, 9.17) is 18.6 Å². The quantitative estimate of drug-likeness (QED) is 0.218. The van der Waals surface area contributed by atoms with Gasteiger partial charge in [0, 0.05) is 43.1 Å². The smallest absolute Gasteiger partial charge is 0.394 e. The second-order valence-electron chi connectivity index (χ2n) is 6.76. The Hall–Kier alpha value is -2.74. The summed E-state index contributed by atoms with van der Waals surface area (Å²) in [6.45, 7) is 0. The van der Waals surface area contributed by atoms with Crippen LogP contribution in [0.15, 0.2) is 119 Å². The van der Waals surface area contributed by atoms with E-state index in [2.05, 4.69) is 24.3 Å². The molecule has 4 rings (SSSR count). The van der Waals surface area contributed by atoms with Gasteiger partial charge in [-0.3, -0.25) is 0 Å². The normalized spacial score (nSPS) is 10.6. The number of ether oxygens (including phenoxy) is 3. The molecule has 0 N–H and O–H groups in total. The summed E-state index contributed by atoms with van der Waals surface area (Å²) in [4.78, 5) is 4.37. The maximum absolute atomic E-state index is 6.24. The van der Waals surface area contributed by atoms with Gasteiger partial charge >= 0.3 is 10.2 Å². The van der Waals surface area contributed by atoms with Gasteiger partial charge in [0.25, 0.3) is 0 Å². The predicted octanol–water partition coefficient (Wildman–Crippen LogP) is 8.04. The lowest BCUT2D eigenvalue weighted by Gasteiger charge is -2.04. The number of benzene rings is 3. The third-order valence-corrected chi connectivity index (χ3v) is 7.37. The van der Waals surface area contributed by atoms with Crippen molar-refractivity contribution in [1.82, 2.24) is 0 Å². The van der Waals surface area contributed by atoms with E-state index in [0.717, 1.165) is 47.0 Å². The second kappa shape index (κ2) is 11.4. The molecule has 3 aromatic carbocycles. The molecule has 0 saturated carbocycles. The lowest BCUT2D eigenvalue weighted by molar-refractivity contribution is 0.369. The average Bonchev–Trinajstić information content (AvgIpc) is 2.85. The van der Waals surface area contributed by atoms with Crippen LogP contribution in [-0.2, 0) is 0 Å². The van der Waals surface area contributed by atoms with Crippen molar-refractivity contribution in [3.63, 3.8) is 0 Å². The first-order chi connectivity index (χ1) is 16.1. The largest absolute Gasteiger partial charge is 0.497 e. The molecule has 0 spiro atoms. The van der Waals surface area contributed by atoms with Gasteiger partial charge in [-0.25, -0.2) is 0 Å². The highest BCUT2D eigenvalue weighted by atomic mass is 32.2. The Morgan fingerprint density at radius 1 is 0.455 bits per heavy atom. The Morgan fingerprint density at radius 3 is 1.12 bits per heavy atom. The molecule has 0 radical (unpaired) electrons. The fourth-order valence-electron chi connectivity index (χ4n) is 2.89. The summed E-state index contributed by atoms with van der Waals surface area (Å²) in [6.07, 6.45) is 0. The fourth-order valence-corrected chi connectivity index (χ4v) is 5.61. The Bertz CT molecular complexity index is 1010. The Kier molecular flexibility index (Phi) is 8.10. The summed E-state index contributed by atoms with van der Waals surface area (Å²) < 4.78 is 22.1. The molecule has 4 nitrogen and oxygen atoms in total. The molecule has 0 aliphatic carbocycles. The standard InChI is InChI=1S/C26H23O4S3/c1-27-18-4-10-21(11-5-18)31-24-16-25(32-22-12-6-19(28-2)7-13-22)30-26(17-24)33-23-14-8-20(29-3)9-15-23/h4-17H,1-3H3/q+1. The summed E-state index contributed by atoms with van der Waals surface area (Å²) in [6, 6.07) is 28.1. The third-order valence-electron chi connectivity index (χ3n) is 4.57. The molecule has 1 aromatic heterocycles. The highest BCUT2D eigenvalue weighted by Gasteiger charge is 2.20. The lowest BCUT2D eigenvalue weighted by Crippen LogP contribution is -1.84. The van der Waals surface area contributed by atoms with Crippen LogP contribution in [0.1, 0.15) is 0 Å². The van der Waals surface area contributed by atoms with E-state index in [0.29, 0.717) is 0 Å². The van der Waals surface area contributed by atoms with Crippen LogP contribution < -0.4 is 14.2 Å². The van der Waals surface area contributed by atoms with Crippen molar-refractivity contribution in [2.75, 3.05) is 21.3 Å². The summed E-state index contributed by atoms with van der Waals surface area (Å²) in [7, 11) is 5.01. The average molecular weight is 496 g/mol. The van der Waals surface area contributed by atoms with Gasteiger partial charge in [-0.15, -0.1) is 0 Å². The number of hydrogen-bond acceptors (Lipinski definition) is 6. The van der Waals surface area contributed by atoms with Crippen LogP contribution in [0.25, 0.3) is 0 Å². The van der Waals surface area contributed by atoms with Crippen molar-refractivity contribution in [2.24, 2.45) is 0 Å². The van der Waals surface area contributed by atoms with Crippen LogP contribution in [0.5, 0.6) is 17.2 Å². The van der Waals surface area contributed by atoms with Crippen LogP contribution >= 0.6 is 35.3 Å². The minimum Gasteiger partial charge on any atom is -0.497 e. The lowest BCUT2D eigenvalue weighted by atomic mass is 10.3. The van der Waals surface area contributed by atoms with E-state index < -0.39 is 0 Å². The molecule has 4 aromatic rings. The maximum atomic E-state index is 6.24. The van der Waals surface area contributed by atoms with Crippen molar-refractivity contribution in [1.29, 1.82) is 0 Å². The zero-order chi connectivity index (χ0) is 23.0. The molecule has 168 valence electrons. The number of hydrogen-bond donors (Lipinski definition) is 0. The topological polar surface area (TPSA) is 39.0 Å². The van der Waals surface area contributed by atoms with E-state index in [9.17, 15) is 0 Å². The Balaban J connectivity index is 1.61. The van der Waals surface area contributed by atoms with Crippen LogP contribution in [0.4, 0.5) is 0 Å². The van der Waals surface area contributed by atoms with Crippen molar-refractivity contribution < 1.29 is 18.6 Å². The highest BCUT2D eigenvalue weighted by molar-refractivity contribution is 8.00. The molecule has 0 atom stereocenters. The molecule has 33 heavy (non-hydrogen) atoms. The van der Waals surface area contributed by atoms with Crippen molar-refractivity contribution in [3.05, 3.63) is 84.9 Å². The van der Waals surface area contributed by atoms with Crippen molar-refractivity contribution in [3.8, 4) is 17.2 Å². The maximum Gasteiger partial charge on any atom is 0.394 e. The summed E-state index contributed by atoms with van der Waals surface area (Å²) in [5.74, 6) is 2.50. The minimum absolute atomic E-state index is 0.815. The molecule has 0 unspecified atom stereocenters. The Morgan fingerprint density at radius 2 is 0.788 bits per heavy atom. The van der Waals surface area contributed by atoms with Crippen LogP contribution in [0.2, 0.25) is 0 Å². The molecule has 0 aliphatic rings. The molecule has 0 fully saturated rings. The van der Waals surface area contributed by atoms with E-state index in [1.54, 1.807) is 56.6 Å². The zero-order valence-corrected chi connectivity index (χ0v) is 20.9. The number of rotatable bonds is 9. The molecule has 0 aliphatic heterocycles. The van der Waals surface area contributed by atoms with Gasteiger partial charge in [-0.05, 0) is 72.8 Å². The highest BCUT2D eigenvalue weighted by Crippen LogP contribution is 2.40. The van der Waals surface area contributed by atoms with E-state index >= 15 is 0 Å². The summed E-state index contributed by atoms with van der Waals surface area (Å²) >= 11 is 4.85. The summed E-state index contributed by atoms with van der Waals surface area (Å²) in [5.41, 5.74) is 0. The van der Waals surface area contributed by atoms with Gasteiger partial charge in [-0.2, -0.15) is 4.42 Å². The van der Waals surface area contributed by atoms with Gasteiger partial charge in [0.05, 0.1) is 33.5 Å². The van der Waals surface area contributed by atoms with Crippen LogP contribution in [-0.4, -0.2) is 21.3 Å². The van der Waals surface area contributed by atoms with E-state index in [1.807, 2.05) is 60.7 Å². The monoisotopic (exact) mass is 495 g/mol. The summed E-state index contributed by atoms with van der Waals surface area (Å²) in [5, 5.41) is 1.63. The van der Waals surface area contributed by atoms with Crippen LogP contribution in [0, 0.1) is 0 Å². The van der Waals surface area contributed by atoms with Crippen molar-refractivity contribution in [2.45, 2.75) is 29.8 Å². The second-order valence-corrected chi connectivity index (χ2v) is 10.1. The molecule has 0 amide bonds. The molecule has 1 heterocycles. The predicted molar refractivity (Wildman–Crippen MR) is 134 cm³/mol. The SMILES string of the molecule is COc1ccc(Sc2cc(Sc3ccc(OC)cc3)[o+]c(Sc3ccc(OC)cc3)c2)cc1. The zero-order valence-electron chi connectivity index (χ0n) is 18.4. The minimum atomic E-state index is 0.815. The molecule has 7 heteroatoms. The van der Waals surface area contributed by atoms with Gasteiger partial charge in [0.15, 0.2) is 0 Å². The van der Waals surface area contributed by atoms with Gasteiger partial charge in [0.2, 0.25) is 0 Å². The Labute approximate surface area is 206 Å². The fraction of sp³-hybridized carbons (Fsp3) is 0.115. The first kappa shape index (κ1) is 23.4. The third kappa shape index (κ3) is 6.63. The molecular weight excluding hydrogens is 472 g/mol.